The van der Waals surface area contributed by atoms with Gasteiger partial charge in [-0.1, -0.05) is 32.8 Å². The quantitative estimate of drug-likeness (QED) is 0.791. The fourth-order valence-corrected chi connectivity index (χ4v) is 3.36. The van der Waals surface area contributed by atoms with Gasteiger partial charge in [-0.15, -0.1) is 6.58 Å². The highest BCUT2D eigenvalue weighted by Crippen LogP contribution is 2.36. The van der Waals surface area contributed by atoms with E-state index >= 15 is 0 Å². The molecule has 2 atom stereocenters. The lowest BCUT2D eigenvalue weighted by Crippen LogP contribution is -2.71. The molecule has 1 saturated carbocycles. The first-order chi connectivity index (χ1) is 8.93. The molecular weight excluding hydrogens is 240 g/mol. The van der Waals surface area contributed by atoms with Gasteiger partial charge in [0.05, 0.1) is 0 Å². The summed E-state index contributed by atoms with van der Waals surface area (Å²) in [5, 5.41) is 3.02. The number of nitrogens with one attached hydrogen (secondary N) is 1. The molecule has 0 aromatic heterocycles. The number of hydrogen-bond acceptors (Lipinski definition) is 2. The van der Waals surface area contributed by atoms with E-state index in [9.17, 15) is 9.59 Å². The van der Waals surface area contributed by atoms with Gasteiger partial charge in [0.15, 0.2) is 0 Å². The zero-order valence-corrected chi connectivity index (χ0v) is 12.1. The Hall–Kier alpha value is -1.32. The van der Waals surface area contributed by atoms with Crippen LogP contribution in [0.15, 0.2) is 12.7 Å². The Bertz CT molecular complexity index is 397. The molecule has 4 nitrogen and oxygen atoms in total. The molecule has 0 radical (unpaired) electrons. The fraction of sp³-hybridized carbons (Fsp3) is 0.733. The van der Waals surface area contributed by atoms with Gasteiger partial charge in [0.1, 0.15) is 11.6 Å². The summed E-state index contributed by atoms with van der Waals surface area (Å²) in [5.41, 5.74) is -0.639. The van der Waals surface area contributed by atoms with Gasteiger partial charge in [0.2, 0.25) is 11.8 Å². The molecule has 0 aromatic rings. The van der Waals surface area contributed by atoms with E-state index < -0.39 is 5.54 Å². The third-order valence-electron chi connectivity index (χ3n) is 4.44. The monoisotopic (exact) mass is 264 g/mol. The number of nitrogens with zero attached hydrogens (tertiary/aromatic N) is 1. The lowest BCUT2D eigenvalue weighted by molar-refractivity contribution is -0.158. The van der Waals surface area contributed by atoms with Crippen molar-refractivity contribution in [3.8, 4) is 0 Å². The van der Waals surface area contributed by atoms with Gasteiger partial charge in [-0.25, -0.2) is 0 Å². The topological polar surface area (TPSA) is 49.4 Å². The lowest BCUT2D eigenvalue weighted by Gasteiger charge is -2.47. The highest BCUT2D eigenvalue weighted by Gasteiger charge is 2.53. The van der Waals surface area contributed by atoms with Gasteiger partial charge in [-0.3, -0.25) is 9.59 Å². The molecule has 2 amide bonds. The summed E-state index contributed by atoms with van der Waals surface area (Å²) in [4.78, 5) is 27.1. The van der Waals surface area contributed by atoms with Crippen molar-refractivity contribution in [3.63, 3.8) is 0 Å². The molecule has 1 N–H and O–H groups in total. The average molecular weight is 264 g/mol. The number of piperazine rings is 1. The first-order valence-electron chi connectivity index (χ1n) is 7.20. The van der Waals surface area contributed by atoms with Gasteiger partial charge in [-0.05, 0) is 25.7 Å². The minimum Gasteiger partial charge on any atom is -0.340 e. The number of carbonyl (C=O) groups excluding carboxylic acids is 2. The molecule has 1 aliphatic carbocycles. The van der Waals surface area contributed by atoms with Crippen LogP contribution in [0.25, 0.3) is 0 Å². The van der Waals surface area contributed by atoms with E-state index in [4.69, 9.17) is 0 Å². The number of hydrogen-bond donors (Lipinski definition) is 1. The van der Waals surface area contributed by atoms with Crippen LogP contribution in [0.5, 0.6) is 0 Å². The predicted molar refractivity (Wildman–Crippen MR) is 74.5 cm³/mol. The molecule has 2 rings (SSSR count). The first-order valence-corrected chi connectivity index (χ1v) is 7.20. The maximum atomic E-state index is 12.9. The van der Waals surface area contributed by atoms with E-state index in [2.05, 4.69) is 11.9 Å². The van der Waals surface area contributed by atoms with E-state index in [1.54, 1.807) is 11.0 Å². The Morgan fingerprint density at radius 3 is 2.37 bits per heavy atom. The van der Waals surface area contributed by atoms with Crippen molar-refractivity contribution in [2.45, 2.75) is 64.1 Å². The van der Waals surface area contributed by atoms with Gasteiger partial charge in [0, 0.05) is 6.04 Å². The van der Waals surface area contributed by atoms with Crippen LogP contribution < -0.4 is 5.32 Å². The van der Waals surface area contributed by atoms with Crippen molar-refractivity contribution in [2.24, 2.45) is 5.92 Å². The highest BCUT2D eigenvalue weighted by molar-refractivity contribution is 6.00. The van der Waals surface area contributed by atoms with Gasteiger partial charge < -0.3 is 10.2 Å². The summed E-state index contributed by atoms with van der Waals surface area (Å²) in [5.74, 6) is 0.172. The predicted octanol–water partition coefficient (Wildman–Crippen LogP) is 1.86. The second-order valence-corrected chi connectivity index (χ2v) is 6.16. The van der Waals surface area contributed by atoms with Crippen molar-refractivity contribution in [2.75, 3.05) is 0 Å². The highest BCUT2D eigenvalue weighted by atomic mass is 16.2. The van der Waals surface area contributed by atoms with Crippen LogP contribution >= 0.6 is 0 Å². The molecule has 1 aliphatic heterocycles. The first kappa shape index (κ1) is 14.1. The van der Waals surface area contributed by atoms with Crippen LogP contribution in [-0.2, 0) is 9.59 Å². The third-order valence-corrected chi connectivity index (χ3v) is 4.44. The van der Waals surface area contributed by atoms with Crippen molar-refractivity contribution < 1.29 is 9.59 Å². The standard InChI is InChI=1S/C15H24N2O2/c1-5-11(4)17-12(10(2)3)13(18)16-15(14(17)19)8-6-7-9-15/h5,10-12H,1,6-9H2,2-4H3,(H,16,18). The lowest BCUT2D eigenvalue weighted by atomic mass is 9.86. The SMILES string of the molecule is C=CC(C)N1C(=O)C2(CCCC2)NC(=O)C1C(C)C. The van der Waals surface area contributed by atoms with Crippen molar-refractivity contribution >= 4 is 11.8 Å². The fourth-order valence-electron chi connectivity index (χ4n) is 3.36. The molecule has 1 heterocycles. The molecule has 2 fully saturated rings. The maximum Gasteiger partial charge on any atom is 0.249 e. The molecule has 2 unspecified atom stereocenters. The van der Waals surface area contributed by atoms with Crippen molar-refractivity contribution in [1.29, 1.82) is 0 Å². The number of amides is 2. The van der Waals surface area contributed by atoms with E-state index in [1.165, 1.54) is 0 Å². The molecule has 0 bridgehead atoms. The molecule has 1 saturated heterocycles. The summed E-state index contributed by atoms with van der Waals surface area (Å²) in [6.07, 6.45) is 5.30. The number of carbonyl (C=O) groups is 2. The van der Waals surface area contributed by atoms with E-state index in [-0.39, 0.29) is 29.8 Å². The van der Waals surface area contributed by atoms with Gasteiger partial charge in [0.25, 0.3) is 0 Å². The molecule has 2 aliphatic rings. The molecule has 19 heavy (non-hydrogen) atoms. The average Bonchev–Trinajstić information content (AvgIpc) is 2.81. The maximum absolute atomic E-state index is 12.9. The summed E-state index contributed by atoms with van der Waals surface area (Å²) in [6, 6.07) is -0.491. The van der Waals surface area contributed by atoms with Crippen molar-refractivity contribution in [1.82, 2.24) is 10.2 Å². The summed E-state index contributed by atoms with van der Waals surface area (Å²) in [7, 11) is 0. The van der Waals surface area contributed by atoms with Gasteiger partial charge in [-0.2, -0.15) is 0 Å². The van der Waals surface area contributed by atoms with Crippen LogP contribution in [0.1, 0.15) is 46.5 Å². The Morgan fingerprint density at radius 2 is 1.89 bits per heavy atom. The second kappa shape index (κ2) is 4.99. The van der Waals surface area contributed by atoms with Crippen LogP contribution in [0.3, 0.4) is 0 Å². The van der Waals surface area contributed by atoms with Crippen LogP contribution in [0.2, 0.25) is 0 Å². The third kappa shape index (κ3) is 2.17. The van der Waals surface area contributed by atoms with Crippen LogP contribution in [0, 0.1) is 5.92 Å². The largest absolute Gasteiger partial charge is 0.340 e. The van der Waals surface area contributed by atoms with Crippen molar-refractivity contribution in [3.05, 3.63) is 12.7 Å². The van der Waals surface area contributed by atoms with E-state index in [1.807, 2.05) is 20.8 Å². The molecule has 1 spiro atoms. The number of rotatable bonds is 3. The minimum atomic E-state index is -0.639. The molecule has 106 valence electrons. The summed E-state index contributed by atoms with van der Waals surface area (Å²) >= 11 is 0. The normalized spacial score (nSPS) is 27.8. The Labute approximate surface area is 115 Å². The summed E-state index contributed by atoms with van der Waals surface area (Å²) < 4.78 is 0. The smallest absolute Gasteiger partial charge is 0.249 e. The Morgan fingerprint density at radius 1 is 1.32 bits per heavy atom. The van der Waals surface area contributed by atoms with Gasteiger partial charge >= 0.3 is 0 Å². The van der Waals surface area contributed by atoms with Crippen LogP contribution in [-0.4, -0.2) is 34.3 Å². The van der Waals surface area contributed by atoms with E-state index in [0.29, 0.717) is 0 Å². The van der Waals surface area contributed by atoms with Crippen LogP contribution in [0.4, 0.5) is 0 Å². The zero-order valence-electron chi connectivity index (χ0n) is 12.1. The Balaban J connectivity index is 2.39. The van der Waals surface area contributed by atoms with E-state index in [0.717, 1.165) is 25.7 Å². The molecule has 4 heteroatoms. The Kier molecular flexibility index (Phi) is 3.70. The zero-order chi connectivity index (χ0) is 14.2. The second-order valence-electron chi connectivity index (χ2n) is 6.16. The molecular formula is C15H24N2O2. The minimum absolute atomic E-state index is 0.00907. The summed E-state index contributed by atoms with van der Waals surface area (Å²) in [6.45, 7) is 9.67. The molecule has 0 aromatic carbocycles.